The Hall–Kier alpha value is -1.72. The Morgan fingerprint density at radius 2 is 2.15 bits per heavy atom. The van der Waals surface area contributed by atoms with Crippen LogP contribution in [0, 0.1) is 6.92 Å². The molecule has 104 valence electrons. The molecule has 0 atom stereocenters. The van der Waals surface area contributed by atoms with Crippen LogP contribution in [0.5, 0.6) is 0 Å². The number of benzene rings is 1. The summed E-state index contributed by atoms with van der Waals surface area (Å²) >= 11 is 1.60. The number of hydrogen-bond acceptors (Lipinski definition) is 5. The van der Waals surface area contributed by atoms with Gasteiger partial charge in [0.25, 0.3) is 0 Å². The van der Waals surface area contributed by atoms with Crippen LogP contribution in [0.2, 0.25) is 0 Å². The number of aryl methyl sites for hydroxylation is 1. The van der Waals surface area contributed by atoms with Gasteiger partial charge in [0.05, 0.1) is 0 Å². The van der Waals surface area contributed by atoms with Crippen molar-refractivity contribution in [3.8, 4) is 10.8 Å². The van der Waals surface area contributed by atoms with E-state index in [0.717, 1.165) is 46.3 Å². The Balaban J connectivity index is 1.83. The standard InChI is InChI=1S/C15H17N3OS/c1-3-16-7-6-14-17-18-15(20-14)13-9-11-8-10(2)4-5-12(11)19-13/h4-5,8-9,16H,3,6-7H2,1-2H3. The number of aromatic nitrogens is 2. The van der Waals surface area contributed by atoms with Gasteiger partial charge < -0.3 is 9.73 Å². The van der Waals surface area contributed by atoms with Crippen LogP contribution in [-0.4, -0.2) is 23.3 Å². The number of furan rings is 1. The Kier molecular flexibility index (Phi) is 3.80. The molecule has 4 nitrogen and oxygen atoms in total. The summed E-state index contributed by atoms with van der Waals surface area (Å²) in [6, 6.07) is 8.21. The summed E-state index contributed by atoms with van der Waals surface area (Å²) < 4.78 is 5.84. The van der Waals surface area contributed by atoms with Crippen molar-refractivity contribution >= 4 is 22.3 Å². The monoisotopic (exact) mass is 287 g/mol. The maximum atomic E-state index is 5.84. The van der Waals surface area contributed by atoms with Gasteiger partial charge in [0.2, 0.25) is 0 Å². The Morgan fingerprint density at radius 1 is 1.25 bits per heavy atom. The van der Waals surface area contributed by atoms with Gasteiger partial charge in [0.15, 0.2) is 10.8 Å². The van der Waals surface area contributed by atoms with Gasteiger partial charge in [-0.3, -0.25) is 0 Å². The molecule has 20 heavy (non-hydrogen) atoms. The van der Waals surface area contributed by atoms with E-state index < -0.39 is 0 Å². The molecule has 3 aromatic rings. The Morgan fingerprint density at radius 3 is 3.00 bits per heavy atom. The van der Waals surface area contributed by atoms with Gasteiger partial charge in [0.1, 0.15) is 10.6 Å². The van der Waals surface area contributed by atoms with Crippen LogP contribution in [0.4, 0.5) is 0 Å². The van der Waals surface area contributed by atoms with Gasteiger partial charge in [-0.2, -0.15) is 0 Å². The maximum Gasteiger partial charge on any atom is 0.183 e. The smallest absolute Gasteiger partial charge is 0.183 e. The van der Waals surface area contributed by atoms with Gasteiger partial charge in [-0.1, -0.05) is 29.9 Å². The molecule has 0 radical (unpaired) electrons. The minimum absolute atomic E-state index is 0.804. The average Bonchev–Trinajstić information content (AvgIpc) is 3.04. The molecule has 0 amide bonds. The van der Waals surface area contributed by atoms with Crippen molar-refractivity contribution in [1.29, 1.82) is 0 Å². The fourth-order valence-corrected chi connectivity index (χ4v) is 2.89. The van der Waals surface area contributed by atoms with Gasteiger partial charge in [-0.15, -0.1) is 10.2 Å². The zero-order chi connectivity index (χ0) is 13.9. The van der Waals surface area contributed by atoms with Gasteiger partial charge in [0, 0.05) is 18.4 Å². The fraction of sp³-hybridized carbons (Fsp3) is 0.333. The molecule has 0 aliphatic heterocycles. The lowest BCUT2D eigenvalue weighted by Gasteiger charge is -1.95. The van der Waals surface area contributed by atoms with Crippen molar-refractivity contribution < 1.29 is 4.42 Å². The third-order valence-electron chi connectivity index (χ3n) is 3.12. The Bertz CT molecular complexity index is 717. The van der Waals surface area contributed by atoms with Crippen LogP contribution in [0.15, 0.2) is 28.7 Å². The lowest BCUT2D eigenvalue weighted by molar-refractivity contribution is 0.629. The second kappa shape index (κ2) is 5.73. The first-order valence-electron chi connectivity index (χ1n) is 6.80. The second-order valence-corrected chi connectivity index (χ2v) is 5.82. The van der Waals surface area contributed by atoms with Gasteiger partial charge in [-0.05, 0) is 31.7 Å². The van der Waals surface area contributed by atoms with Crippen LogP contribution in [-0.2, 0) is 6.42 Å². The van der Waals surface area contributed by atoms with E-state index in [0.29, 0.717) is 0 Å². The summed E-state index contributed by atoms with van der Waals surface area (Å²) in [7, 11) is 0. The third-order valence-corrected chi connectivity index (χ3v) is 4.11. The van der Waals surface area contributed by atoms with Crippen molar-refractivity contribution in [2.45, 2.75) is 20.3 Å². The summed E-state index contributed by atoms with van der Waals surface area (Å²) in [5.74, 6) is 0.804. The summed E-state index contributed by atoms with van der Waals surface area (Å²) in [6.45, 7) is 6.09. The first kappa shape index (κ1) is 13.3. The van der Waals surface area contributed by atoms with Crippen LogP contribution < -0.4 is 5.32 Å². The van der Waals surface area contributed by atoms with E-state index in [1.807, 2.05) is 12.1 Å². The quantitative estimate of drug-likeness (QED) is 0.731. The summed E-state index contributed by atoms with van der Waals surface area (Å²) in [4.78, 5) is 0. The highest BCUT2D eigenvalue weighted by atomic mass is 32.1. The van der Waals surface area contributed by atoms with E-state index in [-0.39, 0.29) is 0 Å². The molecule has 2 aromatic heterocycles. The van der Waals surface area contributed by atoms with E-state index >= 15 is 0 Å². The maximum absolute atomic E-state index is 5.84. The number of likely N-dealkylation sites (N-methyl/N-ethyl adjacent to an activating group) is 1. The molecule has 0 unspecified atom stereocenters. The minimum Gasteiger partial charge on any atom is -0.453 e. The van der Waals surface area contributed by atoms with Crippen molar-refractivity contribution in [1.82, 2.24) is 15.5 Å². The molecule has 0 bridgehead atoms. The lowest BCUT2D eigenvalue weighted by atomic mass is 10.2. The van der Waals surface area contributed by atoms with E-state index in [1.165, 1.54) is 5.56 Å². The van der Waals surface area contributed by atoms with Crippen molar-refractivity contribution in [3.05, 3.63) is 34.8 Å². The van der Waals surface area contributed by atoms with E-state index in [4.69, 9.17) is 4.42 Å². The van der Waals surface area contributed by atoms with Gasteiger partial charge >= 0.3 is 0 Å². The summed E-state index contributed by atoms with van der Waals surface area (Å²) in [6.07, 6.45) is 0.908. The molecule has 0 saturated carbocycles. The highest BCUT2D eigenvalue weighted by molar-refractivity contribution is 7.14. The molecular formula is C15H17N3OS. The number of hydrogen-bond donors (Lipinski definition) is 1. The summed E-state index contributed by atoms with van der Waals surface area (Å²) in [5.41, 5.74) is 2.13. The SMILES string of the molecule is CCNCCc1nnc(-c2cc3cc(C)ccc3o2)s1. The van der Waals surface area contributed by atoms with E-state index in [9.17, 15) is 0 Å². The molecule has 0 aliphatic rings. The topological polar surface area (TPSA) is 51.0 Å². The highest BCUT2D eigenvalue weighted by Crippen LogP contribution is 2.30. The molecule has 0 spiro atoms. The zero-order valence-electron chi connectivity index (χ0n) is 11.6. The molecule has 0 fully saturated rings. The van der Waals surface area contributed by atoms with Crippen LogP contribution in [0.1, 0.15) is 17.5 Å². The average molecular weight is 287 g/mol. The largest absolute Gasteiger partial charge is 0.453 e. The van der Waals surface area contributed by atoms with Crippen molar-refractivity contribution in [3.63, 3.8) is 0 Å². The molecular weight excluding hydrogens is 270 g/mol. The molecule has 2 heterocycles. The van der Waals surface area contributed by atoms with Gasteiger partial charge in [-0.25, -0.2) is 0 Å². The number of nitrogens with one attached hydrogen (secondary N) is 1. The molecule has 1 aromatic carbocycles. The number of nitrogens with zero attached hydrogens (tertiary/aromatic N) is 2. The predicted molar refractivity (Wildman–Crippen MR) is 82.1 cm³/mol. The molecule has 3 rings (SSSR count). The minimum atomic E-state index is 0.804. The molecule has 5 heteroatoms. The first-order chi connectivity index (χ1) is 9.76. The molecule has 0 saturated heterocycles. The van der Waals surface area contributed by atoms with Crippen LogP contribution in [0.3, 0.4) is 0 Å². The number of fused-ring (bicyclic) bond motifs is 1. The van der Waals surface area contributed by atoms with Crippen LogP contribution >= 0.6 is 11.3 Å². The van der Waals surface area contributed by atoms with Crippen molar-refractivity contribution in [2.75, 3.05) is 13.1 Å². The Labute approximate surface area is 121 Å². The highest BCUT2D eigenvalue weighted by Gasteiger charge is 2.11. The van der Waals surface area contributed by atoms with Crippen molar-refractivity contribution in [2.24, 2.45) is 0 Å². The normalized spacial score (nSPS) is 11.3. The van der Waals surface area contributed by atoms with E-state index in [1.54, 1.807) is 11.3 Å². The third kappa shape index (κ3) is 2.73. The van der Waals surface area contributed by atoms with Crippen LogP contribution in [0.25, 0.3) is 21.7 Å². The molecule has 1 N–H and O–H groups in total. The predicted octanol–water partition coefficient (Wildman–Crippen LogP) is 3.41. The fourth-order valence-electron chi connectivity index (χ4n) is 2.09. The second-order valence-electron chi connectivity index (χ2n) is 4.76. The summed E-state index contributed by atoms with van der Waals surface area (Å²) in [5, 5.41) is 14.7. The van der Waals surface area contributed by atoms with E-state index in [2.05, 4.69) is 41.5 Å². The molecule has 0 aliphatic carbocycles. The lowest BCUT2D eigenvalue weighted by Crippen LogP contribution is -2.15. The zero-order valence-corrected chi connectivity index (χ0v) is 12.5. The first-order valence-corrected chi connectivity index (χ1v) is 7.61. The number of rotatable bonds is 5.